The zero-order valence-electron chi connectivity index (χ0n) is 9.95. The first kappa shape index (κ1) is 11.7. The Balaban J connectivity index is 1.67. The van der Waals surface area contributed by atoms with E-state index in [1.165, 1.54) is 63.5 Å². The van der Waals surface area contributed by atoms with Gasteiger partial charge >= 0.3 is 0 Å². The third kappa shape index (κ3) is 3.65. The molecule has 0 aromatic carbocycles. The van der Waals surface area contributed by atoms with Crippen LogP contribution in [0.1, 0.15) is 26.2 Å². The number of hydrogen-bond donors (Lipinski definition) is 0. The molecule has 2 aliphatic rings. The highest BCUT2D eigenvalue weighted by Gasteiger charge is 2.19. The molecule has 2 heterocycles. The second kappa shape index (κ2) is 6.12. The summed E-state index contributed by atoms with van der Waals surface area (Å²) in [7, 11) is 0. The molecule has 2 nitrogen and oxygen atoms in total. The molecule has 0 bridgehead atoms. The van der Waals surface area contributed by atoms with Gasteiger partial charge in [-0.1, -0.05) is 6.42 Å². The van der Waals surface area contributed by atoms with Gasteiger partial charge in [-0.05, 0) is 32.9 Å². The first-order valence-electron chi connectivity index (χ1n) is 6.40. The van der Waals surface area contributed by atoms with Gasteiger partial charge in [0, 0.05) is 37.2 Å². The molecule has 0 radical (unpaired) electrons. The van der Waals surface area contributed by atoms with Gasteiger partial charge < -0.3 is 4.90 Å². The van der Waals surface area contributed by atoms with E-state index in [9.17, 15) is 0 Å². The zero-order valence-corrected chi connectivity index (χ0v) is 10.8. The molecule has 1 atom stereocenters. The van der Waals surface area contributed by atoms with Gasteiger partial charge in [0.25, 0.3) is 0 Å². The summed E-state index contributed by atoms with van der Waals surface area (Å²) in [6.07, 6.45) is 4.30. The number of hydrogen-bond acceptors (Lipinski definition) is 3. The average Bonchev–Trinajstić information content (AvgIpc) is 2.29. The Morgan fingerprint density at radius 1 is 1.07 bits per heavy atom. The van der Waals surface area contributed by atoms with Gasteiger partial charge in [0.15, 0.2) is 0 Å². The summed E-state index contributed by atoms with van der Waals surface area (Å²) in [6, 6.07) is 0.800. The largest absolute Gasteiger partial charge is 0.302 e. The fraction of sp³-hybridized carbons (Fsp3) is 1.00. The van der Waals surface area contributed by atoms with E-state index in [1.807, 2.05) is 0 Å². The van der Waals surface area contributed by atoms with Crippen LogP contribution < -0.4 is 0 Å². The number of nitrogens with zero attached hydrogens (tertiary/aromatic N) is 2. The molecule has 0 aromatic rings. The topological polar surface area (TPSA) is 6.48 Å². The third-order valence-corrected chi connectivity index (χ3v) is 4.85. The number of thioether (sulfide) groups is 1. The van der Waals surface area contributed by atoms with Gasteiger partial charge in [-0.25, -0.2) is 0 Å². The van der Waals surface area contributed by atoms with Crippen LogP contribution >= 0.6 is 11.8 Å². The van der Waals surface area contributed by atoms with Crippen molar-refractivity contribution < 1.29 is 0 Å². The first-order chi connectivity index (χ1) is 7.36. The lowest BCUT2D eigenvalue weighted by Gasteiger charge is -2.35. The molecule has 15 heavy (non-hydrogen) atoms. The summed E-state index contributed by atoms with van der Waals surface area (Å²) in [6.45, 7) is 8.96. The molecular weight excluding hydrogens is 204 g/mol. The lowest BCUT2D eigenvalue weighted by atomic mass is 10.1. The van der Waals surface area contributed by atoms with Crippen molar-refractivity contribution in [2.75, 3.05) is 44.2 Å². The minimum Gasteiger partial charge on any atom is -0.302 e. The maximum Gasteiger partial charge on any atom is 0.0158 e. The molecular formula is C12H24N2S. The summed E-state index contributed by atoms with van der Waals surface area (Å²) in [5, 5.41) is 0. The predicted molar refractivity (Wildman–Crippen MR) is 68.7 cm³/mol. The van der Waals surface area contributed by atoms with Gasteiger partial charge in [0.2, 0.25) is 0 Å². The normalized spacial score (nSPS) is 30.6. The number of likely N-dealkylation sites (tertiary alicyclic amines) is 1. The summed E-state index contributed by atoms with van der Waals surface area (Å²) in [5.74, 6) is 2.67. The van der Waals surface area contributed by atoms with Crippen molar-refractivity contribution in [1.29, 1.82) is 0 Å². The van der Waals surface area contributed by atoms with E-state index in [-0.39, 0.29) is 0 Å². The van der Waals surface area contributed by atoms with Crippen molar-refractivity contribution in [3.05, 3.63) is 0 Å². The summed E-state index contributed by atoms with van der Waals surface area (Å²) < 4.78 is 0. The highest BCUT2D eigenvalue weighted by atomic mass is 32.2. The fourth-order valence-corrected chi connectivity index (χ4v) is 3.63. The molecule has 0 amide bonds. The van der Waals surface area contributed by atoms with Crippen LogP contribution in [0.2, 0.25) is 0 Å². The van der Waals surface area contributed by atoms with Crippen molar-refractivity contribution in [2.24, 2.45) is 0 Å². The molecule has 0 saturated carbocycles. The van der Waals surface area contributed by atoms with Crippen molar-refractivity contribution in [2.45, 2.75) is 32.2 Å². The maximum absolute atomic E-state index is 2.67. The van der Waals surface area contributed by atoms with Crippen molar-refractivity contribution >= 4 is 11.8 Å². The van der Waals surface area contributed by atoms with Gasteiger partial charge in [-0.2, -0.15) is 11.8 Å². The minimum atomic E-state index is 0.800. The third-order valence-electron chi connectivity index (χ3n) is 3.66. The van der Waals surface area contributed by atoms with Crippen LogP contribution in [-0.2, 0) is 0 Å². The van der Waals surface area contributed by atoms with Gasteiger partial charge in [-0.15, -0.1) is 0 Å². The Hall–Kier alpha value is 0.270. The highest BCUT2D eigenvalue weighted by molar-refractivity contribution is 7.99. The molecule has 1 unspecified atom stereocenters. The second-order valence-corrected chi connectivity index (χ2v) is 6.01. The second-order valence-electron chi connectivity index (χ2n) is 4.86. The fourth-order valence-electron chi connectivity index (χ4n) is 2.55. The Morgan fingerprint density at radius 2 is 1.87 bits per heavy atom. The maximum atomic E-state index is 2.67. The predicted octanol–water partition coefficient (Wildman–Crippen LogP) is 1.91. The Bertz CT molecular complexity index is 180. The molecule has 0 aliphatic carbocycles. The Labute approximate surface area is 98.4 Å². The minimum absolute atomic E-state index is 0.800. The molecule has 88 valence electrons. The zero-order chi connectivity index (χ0) is 10.5. The SMILES string of the molecule is CC1CSCCN1CCN1CCCCC1. The smallest absolute Gasteiger partial charge is 0.0158 e. The quantitative estimate of drug-likeness (QED) is 0.728. The number of rotatable bonds is 3. The van der Waals surface area contributed by atoms with Crippen LogP contribution in [0.3, 0.4) is 0 Å². The Morgan fingerprint density at radius 3 is 2.60 bits per heavy atom. The van der Waals surface area contributed by atoms with Gasteiger partial charge in [0.05, 0.1) is 0 Å². The summed E-state index contributed by atoms with van der Waals surface area (Å²) >= 11 is 2.11. The lowest BCUT2D eigenvalue weighted by Crippen LogP contribution is -2.45. The van der Waals surface area contributed by atoms with Gasteiger partial charge in [-0.3, -0.25) is 4.90 Å². The Kier molecular flexibility index (Phi) is 4.79. The van der Waals surface area contributed by atoms with Crippen LogP contribution in [0, 0.1) is 0 Å². The van der Waals surface area contributed by atoms with Crippen LogP contribution in [0.15, 0.2) is 0 Å². The van der Waals surface area contributed by atoms with E-state index in [4.69, 9.17) is 0 Å². The standard InChI is InChI=1S/C12H24N2S/c1-12-11-15-10-9-14(12)8-7-13-5-3-2-4-6-13/h12H,2-11H2,1H3. The van der Waals surface area contributed by atoms with E-state index in [2.05, 4.69) is 28.5 Å². The molecule has 3 heteroatoms. The van der Waals surface area contributed by atoms with Crippen molar-refractivity contribution in [3.8, 4) is 0 Å². The van der Waals surface area contributed by atoms with E-state index in [0.717, 1.165) is 6.04 Å². The highest BCUT2D eigenvalue weighted by Crippen LogP contribution is 2.16. The summed E-state index contributed by atoms with van der Waals surface area (Å²) in [5.41, 5.74) is 0. The molecule has 2 rings (SSSR count). The van der Waals surface area contributed by atoms with Crippen LogP contribution in [0.5, 0.6) is 0 Å². The first-order valence-corrected chi connectivity index (χ1v) is 7.56. The molecule has 0 spiro atoms. The van der Waals surface area contributed by atoms with Gasteiger partial charge in [0.1, 0.15) is 0 Å². The van der Waals surface area contributed by atoms with Crippen molar-refractivity contribution in [3.63, 3.8) is 0 Å². The van der Waals surface area contributed by atoms with E-state index in [1.54, 1.807) is 0 Å². The van der Waals surface area contributed by atoms with Crippen LogP contribution in [-0.4, -0.2) is 60.1 Å². The average molecular weight is 228 g/mol. The van der Waals surface area contributed by atoms with E-state index in [0.29, 0.717) is 0 Å². The van der Waals surface area contributed by atoms with Crippen LogP contribution in [0.4, 0.5) is 0 Å². The van der Waals surface area contributed by atoms with E-state index >= 15 is 0 Å². The monoisotopic (exact) mass is 228 g/mol. The molecule has 0 aromatic heterocycles. The van der Waals surface area contributed by atoms with E-state index < -0.39 is 0 Å². The molecule has 0 N–H and O–H groups in total. The van der Waals surface area contributed by atoms with Crippen LogP contribution in [0.25, 0.3) is 0 Å². The van der Waals surface area contributed by atoms with Crippen molar-refractivity contribution in [1.82, 2.24) is 9.80 Å². The molecule has 2 aliphatic heterocycles. The number of piperidine rings is 1. The molecule has 2 saturated heterocycles. The molecule has 2 fully saturated rings. The summed E-state index contributed by atoms with van der Waals surface area (Å²) in [4.78, 5) is 5.32. The lowest BCUT2D eigenvalue weighted by molar-refractivity contribution is 0.165.